The first-order valence-electron chi connectivity index (χ1n) is 7.52. The molecule has 0 spiro atoms. The molecule has 2 heterocycles. The van der Waals surface area contributed by atoms with Crippen molar-refractivity contribution in [2.45, 2.75) is 0 Å². The number of para-hydroxylation sites is 1. The summed E-state index contributed by atoms with van der Waals surface area (Å²) in [5.74, 6) is 6.18. The van der Waals surface area contributed by atoms with Gasteiger partial charge in [0.2, 0.25) is 5.95 Å². The Hall–Kier alpha value is -2.83. The Morgan fingerprint density at radius 1 is 1.08 bits per heavy atom. The summed E-state index contributed by atoms with van der Waals surface area (Å²) in [7, 11) is 0. The molecule has 3 N–H and O–H groups in total. The van der Waals surface area contributed by atoms with Gasteiger partial charge in [-0.3, -0.25) is 4.79 Å². The molecule has 0 aliphatic rings. The number of nitrogens with zero attached hydrogens (tertiary/aromatic N) is 2. The lowest BCUT2D eigenvalue weighted by molar-refractivity contribution is 0.929. The summed E-state index contributed by atoms with van der Waals surface area (Å²) in [5.41, 5.74) is 1.36. The highest BCUT2D eigenvalue weighted by molar-refractivity contribution is 7.21. The first-order valence-corrected chi connectivity index (χ1v) is 8.71. The zero-order valence-electron chi connectivity index (χ0n) is 12.9. The Morgan fingerprint density at radius 3 is 2.56 bits per heavy atom. The number of nitrogens with two attached hydrogens (primary N) is 1. The zero-order valence-corrected chi connectivity index (χ0v) is 14.5. The fourth-order valence-corrected chi connectivity index (χ4v) is 3.72. The average Bonchev–Trinajstić information content (AvgIpc) is 3.06. The van der Waals surface area contributed by atoms with Crippen molar-refractivity contribution in [1.82, 2.24) is 9.66 Å². The van der Waals surface area contributed by atoms with Crippen LogP contribution in [0.2, 0.25) is 5.02 Å². The number of rotatable bonds is 3. The number of anilines is 2. The fraction of sp³-hybridized carbons (Fsp3) is 0. The fourth-order valence-electron chi connectivity index (χ4n) is 2.51. The third kappa shape index (κ3) is 2.86. The molecule has 0 radical (unpaired) electrons. The molecule has 0 saturated carbocycles. The standard InChI is InChI=1S/C18H13ClN4OS/c19-13-8-4-5-9-14(13)21-18-22-16-12(17(24)23(18)20)10-15(25-16)11-6-2-1-3-7-11/h1-10H,20H2,(H,21,22). The van der Waals surface area contributed by atoms with Crippen molar-refractivity contribution in [2.24, 2.45) is 0 Å². The third-order valence-corrected chi connectivity index (χ3v) is 5.18. The van der Waals surface area contributed by atoms with Crippen LogP contribution in [0.5, 0.6) is 0 Å². The normalized spacial score (nSPS) is 10.9. The summed E-state index contributed by atoms with van der Waals surface area (Å²) in [4.78, 5) is 18.7. The van der Waals surface area contributed by atoms with Crippen molar-refractivity contribution in [3.63, 3.8) is 0 Å². The smallest absolute Gasteiger partial charge is 0.282 e. The second-order valence-corrected chi connectivity index (χ2v) is 6.85. The predicted octanol–water partition coefficient (Wildman–Crippen LogP) is 4.24. The Bertz CT molecular complexity index is 1120. The Balaban J connectivity index is 1.83. The van der Waals surface area contributed by atoms with E-state index in [0.29, 0.717) is 20.9 Å². The molecule has 2 aromatic heterocycles. The molecule has 5 nitrogen and oxygen atoms in total. The quantitative estimate of drug-likeness (QED) is 0.530. The SMILES string of the molecule is Nn1c(Nc2ccccc2Cl)nc2sc(-c3ccccc3)cc2c1=O. The Morgan fingerprint density at radius 2 is 1.80 bits per heavy atom. The molecule has 25 heavy (non-hydrogen) atoms. The van der Waals surface area contributed by atoms with Gasteiger partial charge in [0.25, 0.3) is 5.56 Å². The molecule has 0 amide bonds. The first kappa shape index (κ1) is 15.7. The van der Waals surface area contributed by atoms with Crippen molar-refractivity contribution in [3.8, 4) is 10.4 Å². The van der Waals surface area contributed by atoms with E-state index in [1.54, 1.807) is 12.1 Å². The van der Waals surface area contributed by atoms with Crippen LogP contribution in [0.3, 0.4) is 0 Å². The lowest BCUT2D eigenvalue weighted by Crippen LogP contribution is -2.29. The van der Waals surface area contributed by atoms with Gasteiger partial charge in [-0.25, -0.2) is 4.98 Å². The summed E-state index contributed by atoms with van der Waals surface area (Å²) in [6, 6.07) is 18.9. The van der Waals surface area contributed by atoms with Crippen LogP contribution in [0.1, 0.15) is 0 Å². The molecule has 0 fully saturated rings. The van der Waals surface area contributed by atoms with Gasteiger partial charge in [0.05, 0.1) is 16.1 Å². The van der Waals surface area contributed by atoms with Gasteiger partial charge >= 0.3 is 0 Å². The molecule has 7 heteroatoms. The number of hydrogen-bond acceptors (Lipinski definition) is 5. The van der Waals surface area contributed by atoms with E-state index in [9.17, 15) is 4.79 Å². The van der Waals surface area contributed by atoms with Crippen molar-refractivity contribution >= 4 is 44.8 Å². The van der Waals surface area contributed by atoms with Crippen LogP contribution in [0, 0.1) is 0 Å². The highest BCUT2D eigenvalue weighted by Crippen LogP contribution is 2.32. The maximum atomic E-state index is 12.6. The van der Waals surface area contributed by atoms with Gasteiger partial charge < -0.3 is 11.2 Å². The summed E-state index contributed by atoms with van der Waals surface area (Å²) >= 11 is 7.60. The highest BCUT2D eigenvalue weighted by atomic mass is 35.5. The molecule has 4 rings (SSSR count). The number of nitrogens with one attached hydrogen (secondary N) is 1. The monoisotopic (exact) mass is 368 g/mol. The number of hydrogen-bond donors (Lipinski definition) is 2. The van der Waals surface area contributed by atoms with Crippen LogP contribution in [0.25, 0.3) is 20.7 Å². The lowest BCUT2D eigenvalue weighted by atomic mass is 10.2. The van der Waals surface area contributed by atoms with Crippen LogP contribution >= 0.6 is 22.9 Å². The number of aromatic nitrogens is 2. The van der Waals surface area contributed by atoms with Crippen LogP contribution in [-0.2, 0) is 0 Å². The Labute approximate surface area is 152 Å². The van der Waals surface area contributed by atoms with E-state index in [2.05, 4.69) is 10.3 Å². The van der Waals surface area contributed by atoms with E-state index in [1.807, 2.05) is 48.5 Å². The molecule has 0 aliphatic heterocycles. The van der Waals surface area contributed by atoms with Crippen molar-refractivity contribution in [1.29, 1.82) is 0 Å². The number of thiophene rings is 1. The zero-order chi connectivity index (χ0) is 17.4. The van der Waals surface area contributed by atoms with Gasteiger partial charge in [-0.15, -0.1) is 11.3 Å². The van der Waals surface area contributed by atoms with E-state index in [4.69, 9.17) is 17.4 Å². The molecule has 0 atom stereocenters. The second kappa shape index (κ2) is 6.23. The number of fused-ring (bicyclic) bond motifs is 1. The van der Waals surface area contributed by atoms with Gasteiger partial charge in [-0.2, -0.15) is 4.68 Å². The number of benzene rings is 2. The summed E-state index contributed by atoms with van der Waals surface area (Å²) < 4.78 is 1.01. The highest BCUT2D eigenvalue weighted by Gasteiger charge is 2.14. The first-order chi connectivity index (χ1) is 12.1. The average molecular weight is 369 g/mol. The minimum atomic E-state index is -0.307. The van der Waals surface area contributed by atoms with Crippen molar-refractivity contribution in [3.05, 3.63) is 76.0 Å². The minimum Gasteiger partial charge on any atom is -0.333 e. The van der Waals surface area contributed by atoms with E-state index in [-0.39, 0.29) is 11.5 Å². The molecule has 2 aromatic carbocycles. The minimum absolute atomic E-state index is 0.243. The van der Waals surface area contributed by atoms with Gasteiger partial charge in [-0.1, -0.05) is 54.1 Å². The molecular formula is C18H13ClN4OS. The lowest BCUT2D eigenvalue weighted by Gasteiger charge is -2.10. The van der Waals surface area contributed by atoms with Crippen LogP contribution in [0.15, 0.2) is 65.5 Å². The van der Waals surface area contributed by atoms with E-state index < -0.39 is 0 Å². The number of nitrogen functional groups attached to an aromatic ring is 1. The van der Waals surface area contributed by atoms with Crippen molar-refractivity contribution in [2.75, 3.05) is 11.2 Å². The van der Waals surface area contributed by atoms with E-state index >= 15 is 0 Å². The summed E-state index contributed by atoms with van der Waals surface area (Å²) in [5, 5.41) is 4.04. The maximum absolute atomic E-state index is 12.6. The summed E-state index contributed by atoms with van der Waals surface area (Å²) in [6.07, 6.45) is 0. The van der Waals surface area contributed by atoms with Gasteiger partial charge in [0, 0.05) is 4.88 Å². The maximum Gasteiger partial charge on any atom is 0.282 e. The molecule has 0 bridgehead atoms. The second-order valence-electron chi connectivity index (χ2n) is 5.41. The van der Waals surface area contributed by atoms with E-state index in [1.165, 1.54) is 11.3 Å². The molecule has 0 unspecified atom stereocenters. The van der Waals surface area contributed by atoms with Gasteiger partial charge in [0.15, 0.2) is 0 Å². The van der Waals surface area contributed by atoms with Crippen molar-refractivity contribution < 1.29 is 0 Å². The van der Waals surface area contributed by atoms with Gasteiger partial charge in [-0.05, 0) is 23.8 Å². The number of halogens is 1. The van der Waals surface area contributed by atoms with Crippen LogP contribution < -0.4 is 16.7 Å². The molecule has 0 aliphatic carbocycles. The third-order valence-electron chi connectivity index (χ3n) is 3.78. The molecular weight excluding hydrogens is 356 g/mol. The largest absolute Gasteiger partial charge is 0.333 e. The summed E-state index contributed by atoms with van der Waals surface area (Å²) in [6.45, 7) is 0. The molecule has 4 aromatic rings. The van der Waals surface area contributed by atoms with Gasteiger partial charge in [0.1, 0.15) is 4.83 Å². The predicted molar refractivity (Wildman–Crippen MR) is 104 cm³/mol. The van der Waals surface area contributed by atoms with Crippen LogP contribution in [0.4, 0.5) is 11.6 Å². The van der Waals surface area contributed by atoms with E-state index in [0.717, 1.165) is 15.1 Å². The topological polar surface area (TPSA) is 72.9 Å². The Kier molecular flexibility index (Phi) is 3.91. The van der Waals surface area contributed by atoms with Crippen LogP contribution in [-0.4, -0.2) is 9.66 Å². The molecule has 0 saturated heterocycles. The molecule has 124 valence electrons.